The quantitative estimate of drug-likeness (QED) is 0.722. The number of halogens is 1. The third-order valence-corrected chi connectivity index (χ3v) is 3.91. The van der Waals surface area contributed by atoms with Crippen molar-refractivity contribution in [1.29, 1.82) is 0 Å². The molecule has 106 valence electrons. The summed E-state index contributed by atoms with van der Waals surface area (Å²) in [5, 5.41) is 2.92. The zero-order valence-electron chi connectivity index (χ0n) is 10.7. The first-order valence-electron chi connectivity index (χ1n) is 6.31. The Labute approximate surface area is 120 Å². The molecule has 1 unspecified atom stereocenters. The van der Waals surface area contributed by atoms with E-state index in [4.69, 9.17) is 17.3 Å². The van der Waals surface area contributed by atoms with Gasteiger partial charge in [-0.15, -0.1) is 0 Å². The molecule has 0 aromatic carbocycles. The highest BCUT2D eigenvalue weighted by Gasteiger charge is 2.37. The van der Waals surface area contributed by atoms with E-state index >= 15 is 0 Å². The van der Waals surface area contributed by atoms with Crippen molar-refractivity contribution in [2.24, 2.45) is 0 Å². The third-order valence-electron chi connectivity index (χ3n) is 3.61. The Morgan fingerprint density at radius 2 is 2.30 bits per heavy atom. The fourth-order valence-electron chi connectivity index (χ4n) is 2.57. The zero-order chi connectivity index (χ0) is 14.3. The SMILES string of the molecule is Nc1cnc(Cl)c(C(=O)N2CCN3C(=O)NCC3C2)c1. The number of carbonyl (C=O) groups is 2. The predicted molar refractivity (Wildman–Crippen MR) is 73.5 cm³/mol. The summed E-state index contributed by atoms with van der Waals surface area (Å²) in [5.74, 6) is -0.200. The Hall–Kier alpha value is -2.02. The molecule has 1 atom stereocenters. The van der Waals surface area contributed by atoms with Gasteiger partial charge in [-0.1, -0.05) is 11.6 Å². The first-order valence-corrected chi connectivity index (χ1v) is 6.69. The van der Waals surface area contributed by atoms with Crippen LogP contribution in [0.3, 0.4) is 0 Å². The molecule has 1 aromatic rings. The Balaban J connectivity index is 1.78. The minimum atomic E-state index is -0.200. The van der Waals surface area contributed by atoms with Crippen LogP contribution in [-0.4, -0.2) is 58.9 Å². The predicted octanol–water partition coefficient (Wildman–Crippen LogP) is 0.167. The fourth-order valence-corrected chi connectivity index (χ4v) is 2.76. The van der Waals surface area contributed by atoms with Crippen molar-refractivity contribution in [1.82, 2.24) is 20.1 Å². The molecule has 0 bridgehead atoms. The van der Waals surface area contributed by atoms with Crippen LogP contribution in [0.4, 0.5) is 10.5 Å². The van der Waals surface area contributed by atoms with Crippen LogP contribution in [0.2, 0.25) is 5.15 Å². The summed E-state index contributed by atoms with van der Waals surface area (Å²) in [6.07, 6.45) is 1.41. The number of carbonyl (C=O) groups excluding carboxylic acids is 2. The summed E-state index contributed by atoms with van der Waals surface area (Å²) in [6.45, 7) is 2.05. The van der Waals surface area contributed by atoms with Gasteiger partial charge in [-0.3, -0.25) is 4.79 Å². The van der Waals surface area contributed by atoms with E-state index in [0.29, 0.717) is 37.4 Å². The molecule has 0 aliphatic carbocycles. The minimum Gasteiger partial charge on any atom is -0.397 e. The molecule has 1 aromatic heterocycles. The van der Waals surface area contributed by atoms with Gasteiger partial charge in [0.15, 0.2) is 0 Å². The molecule has 8 heteroatoms. The molecule has 2 fully saturated rings. The number of piperazine rings is 1. The molecule has 0 spiro atoms. The average molecular weight is 296 g/mol. The average Bonchev–Trinajstić information content (AvgIpc) is 2.82. The van der Waals surface area contributed by atoms with Crippen molar-refractivity contribution in [2.45, 2.75) is 6.04 Å². The van der Waals surface area contributed by atoms with Gasteiger partial charge in [-0.2, -0.15) is 0 Å². The number of rotatable bonds is 1. The standard InChI is InChI=1S/C12H14ClN5O2/c13-10-9(3-7(14)4-15-10)11(19)17-1-2-18-8(6-17)5-16-12(18)20/h3-4,8H,1-2,5-6,14H2,(H,16,20). The number of fused-ring (bicyclic) bond motifs is 1. The maximum absolute atomic E-state index is 12.5. The van der Waals surface area contributed by atoms with Crippen LogP contribution in [0.15, 0.2) is 12.3 Å². The van der Waals surface area contributed by atoms with Crippen LogP contribution in [0.25, 0.3) is 0 Å². The number of pyridine rings is 1. The minimum absolute atomic E-state index is 0.0213. The molecule has 20 heavy (non-hydrogen) atoms. The van der Waals surface area contributed by atoms with Gasteiger partial charge in [-0.25, -0.2) is 9.78 Å². The molecule has 2 aliphatic rings. The van der Waals surface area contributed by atoms with Gasteiger partial charge >= 0.3 is 6.03 Å². The summed E-state index contributed by atoms with van der Waals surface area (Å²) in [5.41, 5.74) is 6.34. The van der Waals surface area contributed by atoms with Crippen molar-refractivity contribution in [2.75, 3.05) is 31.9 Å². The van der Waals surface area contributed by atoms with Crippen LogP contribution in [-0.2, 0) is 0 Å². The van der Waals surface area contributed by atoms with Crippen molar-refractivity contribution < 1.29 is 9.59 Å². The largest absolute Gasteiger partial charge is 0.397 e. The van der Waals surface area contributed by atoms with Gasteiger partial charge in [0, 0.05) is 26.2 Å². The molecule has 2 saturated heterocycles. The number of hydrogen-bond donors (Lipinski definition) is 2. The molecule has 3 heterocycles. The number of aromatic nitrogens is 1. The van der Waals surface area contributed by atoms with Crippen LogP contribution in [0.5, 0.6) is 0 Å². The van der Waals surface area contributed by atoms with Gasteiger partial charge in [0.1, 0.15) is 5.15 Å². The summed E-state index contributed by atoms with van der Waals surface area (Å²) in [4.78, 5) is 31.3. The molecule has 3 amide bonds. The highest BCUT2D eigenvalue weighted by atomic mass is 35.5. The number of anilines is 1. The first-order chi connectivity index (χ1) is 9.56. The lowest BCUT2D eigenvalue weighted by atomic mass is 10.1. The van der Waals surface area contributed by atoms with E-state index < -0.39 is 0 Å². The van der Waals surface area contributed by atoms with E-state index in [0.717, 1.165) is 0 Å². The number of nitrogens with one attached hydrogen (secondary N) is 1. The van der Waals surface area contributed by atoms with Crippen LogP contribution < -0.4 is 11.1 Å². The molecule has 3 N–H and O–H groups in total. The Kier molecular flexibility index (Phi) is 3.13. The molecule has 0 saturated carbocycles. The van der Waals surface area contributed by atoms with Gasteiger partial charge in [-0.05, 0) is 6.07 Å². The van der Waals surface area contributed by atoms with Crippen LogP contribution >= 0.6 is 11.6 Å². The molecule has 2 aliphatic heterocycles. The number of hydrogen-bond acceptors (Lipinski definition) is 4. The second kappa shape index (κ2) is 4.82. The van der Waals surface area contributed by atoms with E-state index in [1.54, 1.807) is 9.80 Å². The van der Waals surface area contributed by atoms with Crippen LogP contribution in [0, 0.1) is 0 Å². The normalized spacial score (nSPS) is 21.6. The Morgan fingerprint density at radius 1 is 1.50 bits per heavy atom. The highest BCUT2D eigenvalue weighted by molar-refractivity contribution is 6.32. The van der Waals surface area contributed by atoms with Crippen molar-refractivity contribution in [3.05, 3.63) is 23.0 Å². The zero-order valence-corrected chi connectivity index (χ0v) is 11.4. The maximum atomic E-state index is 12.5. The van der Waals surface area contributed by atoms with Gasteiger partial charge in [0.2, 0.25) is 0 Å². The summed E-state index contributed by atoms with van der Waals surface area (Å²) in [6, 6.07) is 1.49. The smallest absolute Gasteiger partial charge is 0.317 e. The number of amides is 3. The molecule has 0 radical (unpaired) electrons. The molecular formula is C12H14ClN5O2. The monoisotopic (exact) mass is 295 g/mol. The Bertz CT molecular complexity index is 579. The van der Waals surface area contributed by atoms with Gasteiger partial charge < -0.3 is 20.9 Å². The van der Waals surface area contributed by atoms with E-state index in [-0.39, 0.29) is 23.1 Å². The summed E-state index contributed by atoms with van der Waals surface area (Å²) >= 11 is 5.95. The van der Waals surface area contributed by atoms with E-state index in [1.165, 1.54) is 12.3 Å². The van der Waals surface area contributed by atoms with Gasteiger partial charge in [0.05, 0.1) is 23.5 Å². The Morgan fingerprint density at radius 3 is 3.10 bits per heavy atom. The summed E-state index contributed by atoms with van der Waals surface area (Å²) in [7, 11) is 0. The molecule has 3 rings (SSSR count). The summed E-state index contributed by atoms with van der Waals surface area (Å²) < 4.78 is 0. The van der Waals surface area contributed by atoms with E-state index in [2.05, 4.69) is 10.3 Å². The van der Waals surface area contributed by atoms with Crippen LogP contribution in [0.1, 0.15) is 10.4 Å². The fraction of sp³-hybridized carbons (Fsp3) is 0.417. The van der Waals surface area contributed by atoms with E-state index in [9.17, 15) is 9.59 Å². The second-order valence-corrected chi connectivity index (χ2v) is 5.25. The number of nitrogens with two attached hydrogens (primary N) is 1. The lowest BCUT2D eigenvalue weighted by Gasteiger charge is -2.36. The number of nitrogen functional groups attached to an aromatic ring is 1. The highest BCUT2D eigenvalue weighted by Crippen LogP contribution is 2.21. The van der Waals surface area contributed by atoms with E-state index in [1.807, 2.05) is 0 Å². The molecular weight excluding hydrogens is 282 g/mol. The lowest BCUT2D eigenvalue weighted by Crippen LogP contribution is -2.53. The number of nitrogens with zero attached hydrogens (tertiary/aromatic N) is 3. The topological polar surface area (TPSA) is 91.6 Å². The van der Waals surface area contributed by atoms with Gasteiger partial charge in [0.25, 0.3) is 5.91 Å². The second-order valence-electron chi connectivity index (χ2n) is 4.89. The number of urea groups is 1. The maximum Gasteiger partial charge on any atom is 0.317 e. The molecule has 7 nitrogen and oxygen atoms in total. The first kappa shape index (κ1) is 13.0. The third kappa shape index (κ3) is 2.14. The van der Waals surface area contributed by atoms with Crippen molar-refractivity contribution in [3.8, 4) is 0 Å². The van der Waals surface area contributed by atoms with Crippen molar-refractivity contribution in [3.63, 3.8) is 0 Å². The lowest BCUT2D eigenvalue weighted by molar-refractivity contribution is 0.0617. The van der Waals surface area contributed by atoms with Crippen molar-refractivity contribution >= 4 is 29.2 Å².